The third-order valence-electron chi connectivity index (χ3n) is 3.24. The van der Waals surface area contributed by atoms with E-state index in [9.17, 15) is 0 Å². The van der Waals surface area contributed by atoms with Crippen LogP contribution in [0.15, 0.2) is 55.0 Å². The normalized spacial score (nSPS) is 12.2. The lowest BCUT2D eigenvalue weighted by Gasteiger charge is -2.02. The van der Waals surface area contributed by atoms with Crippen LogP contribution in [0.25, 0.3) is 22.9 Å². The molecule has 0 spiro atoms. The predicted molar refractivity (Wildman–Crippen MR) is 66.5 cm³/mol. The van der Waals surface area contributed by atoms with Gasteiger partial charge in [0.15, 0.2) is 6.67 Å². The Morgan fingerprint density at radius 3 is 2.83 bits per heavy atom. The van der Waals surface area contributed by atoms with Crippen LogP contribution in [0, 0.1) is 0 Å². The van der Waals surface area contributed by atoms with E-state index in [1.54, 1.807) is 6.20 Å². The fraction of sp³-hybridized carbons (Fsp3) is 0.0714. The van der Waals surface area contributed by atoms with Gasteiger partial charge >= 0.3 is 5.82 Å². The Labute approximate surface area is 104 Å². The lowest BCUT2D eigenvalue weighted by molar-refractivity contribution is -0.685. The van der Waals surface area contributed by atoms with Gasteiger partial charge < -0.3 is 0 Å². The van der Waals surface area contributed by atoms with E-state index in [1.807, 2.05) is 36.7 Å². The van der Waals surface area contributed by atoms with Crippen molar-refractivity contribution >= 4 is 0 Å². The molecular weight excluding hydrogens is 224 g/mol. The highest BCUT2D eigenvalue weighted by Gasteiger charge is 2.29. The highest BCUT2D eigenvalue weighted by Crippen LogP contribution is 2.26. The van der Waals surface area contributed by atoms with Crippen molar-refractivity contribution in [2.45, 2.75) is 6.67 Å². The van der Waals surface area contributed by atoms with Gasteiger partial charge in [0, 0.05) is 6.07 Å². The molecule has 0 aliphatic carbocycles. The van der Waals surface area contributed by atoms with Gasteiger partial charge in [-0.05, 0) is 10.5 Å². The van der Waals surface area contributed by atoms with Crippen LogP contribution in [0.3, 0.4) is 0 Å². The maximum atomic E-state index is 4.49. The Morgan fingerprint density at radius 1 is 1.06 bits per heavy atom. The topological polar surface area (TPSA) is 34.6 Å². The first-order chi connectivity index (χ1) is 8.93. The van der Waals surface area contributed by atoms with Gasteiger partial charge in [-0.25, -0.2) is 9.55 Å². The summed E-state index contributed by atoms with van der Waals surface area (Å²) in [4.78, 5) is 8.88. The monoisotopic (exact) mass is 235 g/mol. The van der Waals surface area contributed by atoms with Gasteiger partial charge in [-0.2, -0.15) is 0 Å². The van der Waals surface area contributed by atoms with Crippen molar-refractivity contribution in [3.63, 3.8) is 0 Å². The number of hydrogen-bond acceptors (Lipinski definition) is 2. The molecule has 4 heteroatoms. The second-order valence-corrected chi connectivity index (χ2v) is 4.32. The first-order valence-corrected chi connectivity index (χ1v) is 5.89. The van der Waals surface area contributed by atoms with Crippen molar-refractivity contribution in [3.05, 3.63) is 55.0 Å². The van der Waals surface area contributed by atoms with E-state index in [2.05, 4.69) is 31.2 Å². The minimum absolute atomic E-state index is 0.780. The van der Waals surface area contributed by atoms with Crippen LogP contribution in [0.4, 0.5) is 0 Å². The van der Waals surface area contributed by atoms with Crippen LogP contribution in [-0.4, -0.2) is 14.5 Å². The van der Waals surface area contributed by atoms with Gasteiger partial charge in [0.2, 0.25) is 5.82 Å². The van der Waals surface area contributed by atoms with E-state index < -0.39 is 0 Å². The minimum Gasteiger partial charge on any atom is -0.280 e. The summed E-state index contributed by atoms with van der Waals surface area (Å²) in [6, 6.07) is 12.3. The average molecular weight is 235 g/mol. The third-order valence-corrected chi connectivity index (χ3v) is 3.24. The molecule has 0 saturated carbocycles. The molecule has 86 valence electrons. The Hall–Kier alpha value is -2.49. The molecule has 18 heavy (non-hydrogen) atoms. The van der Waals surface area contributed by atoms with Gasteiger partial charge in [-0.3, -0.25) is 4.57 Å². The van der Waals surface area contributed by atoms with Gasteiger partial charge in [0.05, 0.1) is 18.1 Å². The Kier molecular flexibility index (Phi) is 1.85. The van der Waals surface area contributed by atoms with Crippen LogP contribution in [0.2, 0.25) is 0 Å². The highest BCUT2D eigenvalue weighted by atomic mass is 15.3. The summed E-state index contributed by atoms with van der Waals surface area (Å²) in [5.74, 6) is 1.87. The standard InChI is InChI=1S/C14H11N4/c1-2-5-11(6-3-1)12-9-16-14-13-15-7-4-8-17(13)10-18(12)14/h1-9H,10H2/q+1. The molecule has 1 aliphatic heterocycles. The van der Waals surface area contributed by atoms with Crippen molar-refractivity contribution in [1.29, 1.82) is 0 Å². The zero-order valence-electron chi connectivity index (χ0n) is 9.69. The second-order valence-electron chi connectivity index (χ2n) is 4.32. The Balaban J connectivity index is 1.91. The number of fused-ring (bicyclic) bond motifs is 3. The van der Waals surface area contributed by atoms with Crippen LogP contribution < -0.4 is 4.57 Å². The lowest BCUT2D eigenvalue weighted by atomic mass is 10.2. The molecule has 3 aromatic rings. The molecule has 4 rings (SSSR count). The number of benzene rings is 1. The SMILES string of the molecule is c1ccc(-c2cnc3n2C[n+]2cccnc2-3)cc1. The molecule has 1 aromatic carbocycles. The summed E-state index contributed by atoms with van der Waals surface area (Å²) in [5.41, 5.74) is 2.32. The van der Waals surface area contributed by atoms with E-state index in [0.29, 0.717) is 0 Å². The zero-order chi connectivity index (χ0) is 11.9. The summed E-state index contributed by atoms with van der Waals surface area (Å²) in [5, 5.41) is 0. The fourth-order valence-electron chi connectivity index (χ4n) is 2.39. The van der Waals surface area contributed by atoms with Crippen LogP contribution in [0.1, 0.15) is 0 Å². The molecule has 0 radical (unpaired) electrons. The molecule has 4 nitrogen and oxygen atoms in total. The lowest BCUT2D eigenvalue weighted by Crippen LogP contribution is -2.34. The molecule has 0 atom stereocenters. The molecule has 1 aliphatic rings. The van der Waals surface area contributed by atoms with Crippen molar-refractivity contribution in [2.24, 2.45) is 0 Å². The Morgan fingerprint density at radius 2 is 1.94 bits per heavy atom. The fourth-order valence-corrected chi connectivity index (χ4v) is 2.39. The summed E-state index contributed by atoms with van der Waals surface area (Å²) < 4.78 is 4.30. The highest BCUT2D eigenvalue weighted by molar-refractivity contribution is 5.63. The third kappa shape index (κ3) is 1.23. The molecule has 0 bridgehead atoms. The predicted octanol–water partition coefficient (Wildman–Crippen LogP) is 1.72. The van der Waals surface area contributed by atoms with Crippen molar-refractivity contribution in [1.82, 2.24) is 14.5 Å². The zero-order valence-corrected chi connectivity index (χ0v) is 9.69. The maximum absolute atomic E-state index is 4.49. The minimum atomic E-state index is 0.780. The van der Waals surface area contributed by atoms with Gasteiger partial charge in [0.1, 0.15) is 6.20 Å². The summed E-state index contributed by atoms with van der Waals surface area (Å²) in [6.45, 7) is 0.780. The van der Waals surface area contributed by atoms with Gasteiger partial charge in [0.25, 0.3) is 0 Å². The quantitative estimate of drug-likeness (QED) is 0.471. The first-order valence-electron chi connectivity index (χ1n) is 5.89. The number of imidazole rings is 1. The van der Waals surface area contributed by atoms with Crippen LogP contribution in [-0.2, 0) is 6.67 Å². The summed E-state index contributed by atoms with van der Waals surface area (Å²) >= 11 is 0. The van der Waals surface area contributed by atoms with Crippen molar-refractivity contribution in [2.75, 3.05) is 0 Å². The van der Waals surface area contributed by atoms with Crippen molar-refractivity contribution < 1.29 is 4.57 Å². The van der Waals surface area contributed by atoms with Crippen LogP contribution >= 0.6 is 0 Å². The molecule has 2 aromatic heterocycles. The maximum Gasteiger partial charge on any atom is 0.368 e. The first kappa shape index (κ1) is 9.53. The molecule has 0 fully saturated rings. The van der Waals surface area contributed by atoms with E-state index >= 15 is 0 Å². The van der Waals surface area contributed by atoms with E-state index in [-0.39, 0.29) is 0 Å². The molecule has 0 saturated heterocycles. The van der Waals surface area contributed by atoms with E-state index in [1.165, 1.54) is 5.56 Å². The number of aromatic nitrogens is 4. The molecule has 0 amide bonds. The molecule has 3 heterocycles. The second kappa shape index (κ2) is 3.50. The smallest absolute Gasteiger partial charge is 0.280 e. The van der Waals surface area contributed by atoms with E-state index in [0.717, 1.165) is 24.0 Å². The number of nitrogens with zero attached hydrogens (tertiary/aromatic N) is 4. The molecule has 0 unspecified atom stereocenters. The van der Waals surface area contributed by atoms with Crippen molar-refractivity contribution in [3.8, 4) is 22.9 Å². The van der Waals surface area contributed by atoms with Gasteiger partial charge in [-0.15, -0.1) is 0 Å². The molecular formula is C14H11N4+. The number of rotatable bonds is 1. The molecule has 0 N–H and O–H groups in total. The van der Waals surface area contributed by atoms with Gasteiger partial charge in [-0.1, -0.05) is 30.3 Å². The summed E-state index contributed by atoms with van der Waals surface area (Å²) in [6.07, 6.45) is 5.76. The number of hydrogen-bond donors (Lipinski definition) is 0. The Bertz CT molecular complexity index is 716. The van der Waals surface area contributed by atoms with E-state index in [4.69, 9.17) is 0 Å². The summed E-state index contributed by atoms with van der Waals surface area (Å²) in [7, 11) is 0. The average Bonchev–Trinajstić information content (AvgIpc) is 2.98. The van der Waals surface area contributed by atoms with Crippen LogP contribution in [0.5, 0.6) is 0 Å². The largest absolute Gasteiger partial charge is 0.368 e.